The van der Waals surface area contributed by atoms with Crippen molar-refractivity contribution in [3.8, 4) is 5.75 Å². The number of aromatic amines is 1. The SMILES string of the molecule is O=C1C[C@]2(CSc3[nH]c(=O)sc3[C@H]2c2cc(Br)cc(Br)c2O)C(=O)N1Cc1ccccc1. The summed E-state index contributed by atoms with van der Waals surface area (Å²) in [4.78, 5) is 43.8. The van der Waals surface area contributed by atoms with Gasteiger partial charge < -0.3 is 10.1 Å². The number of phenolic OH excluding ortho intramolecular Hbond substituents is 1. The number of carbonyl (C=O) groups excluding carboxylic acids is 2. The molecule has 0 unspecified atom stereocenters. The predicted octanol–water partition coefficient (Wildman–Crippen LogP) is 4.85. The summed E-state index contributed by atoms with van der Waals surface area (Å²) in [5, 5.41) is 11.6. The Balaban J connectivity index is 1.66. The zero-order chi connectivity index (χ0) is 22.6. The number of amides is 2. The van der Waals surface area contributed by atoms with Crippen molar-refractivity contribution in [3.05, 3.63) is 77.1 Å². The van der Waals surface area contributed by atoms with Crippen molar-refractivity contribution in [3.63, 3.8) is 0 Å². The summed E-state index contributed by atoms with van der Waals surface area (Å²) >= 11 is 9.25. The highest BCUT2D eigenvalue weighted by atomic mass is 79.9. The number of hydrogen-bond acceptors (Lipinski definition) is 6. The first-order chi connectivity index (χ1) is 15.3. The third kappa shape index (κ3) is 3.48. The summed E-state index contributed by atoms with van der Waals surface area (Å²) in [5.41, 5.74) is 0.281. The number of aromatic hydroxyl groups is 1. The molecular formula is C22H16Br2N2O4S2. The first-order valence-corrected chi connectivity index (χ1v) is 13.1. The van der Waals surface area contributed by atoms with Gasteiger partial charge in [0.2, 0.25) is 11.8 Å². The molecule has 1 saturated heterocycles. The van der Waals surface area contributed by atoms with Crippen LogP contribution in [0.3, 0.4) is 0 Å². The van der Waals surface area contributed by atoms with Crippen LogP contribution >= 0.6 is 55.0 Å². The van der Waals surface area contributed by atoms with Crippen LogP contribution in [0.5, 0.6) is 5.75 Å². The average molecular weight is 596 g/mol. The standard InChI is InChI=1S/C22H16Br2N2O4S2/c23-12-6-13(17(28)14(24)7-12)16-18-19(25-21(30)32-18)31-10-22(16)8-15(27)26(20(22)29)9-11-4-2-1-3-5-11/h1-7,16,28H,8-10H2,(H,25,30)/t16-,22-/m1/s1. The molecular weight excluding hydrogens is 580 g/mol. The van der Waals surface area contributed by atoms with E-state index in [0.29, 0.717) is 30.2 Å². The molecule has 1 fully saturated rings. The highest BCUT2D eigenvalue weighted by molar-refractivity contribution is 9.11. The second-order valence-electron chi connectivity index (χ2n) is 7.86. The number of thioether (sulfide) groups is 1. The highest BCUT2D eigenvalue weighted by Gasteiger charge is 2.59. The van der Waals surface area contributed by atoms with Crippen molar-refractivity contribution in [2.45, 2.75) is 23.9 Å². The van der Waals surface area contributed by atoms with E-state index in [1.807, 2.05) is 30.3 Å². The average Bonchev–Trinajstić information content (AvgIpc) is 3.24. The highest BCUT2D eigenvalue weighted by Crippen LogP contribution is 2.59. The summed E-state index contributed by atoms with van der Waals surface area (Å²) in [7, 11) is 0. The van der Waals surface area contributed by atoms with Gasteiger partial charge in [-0.1, -0.05) is 57.6 Å². The van der Waals surface area contributed by atoms with Crippen LogP contribution in [0.15, 0.2) is 61.2 Å². The van der Waals surface area contributed by atoms with Gasteiger partial charge in [-0.15, -0.1) is 11.8 Å². The molecule has 2 amide bonds. The molecule has 0 radical (unpaired) electrons. The molecule has 3 heterocycles. The number of benzene rings is 2. The zero-order valence-corrected chi connectivity index (χ0v) is 21.2. The quantitative estimate of drug-likeness (QED) is 0.423. The van der Waals surface area contributed by atoms with Crippen molar-refractivity contribution < 1.29 is 14.7 Å². The van der Waals surface area contributed by atoms with Crippen LogP contribution in [0.25, 0.3) is 0 Å². The number of thiazole rings is 1. The second-order valence-corrected chi connectivity index (χ2v) is 11.6. The van der Waals surface area contributed by atoms with Crippen molar-refractivity contribution >= 4 is 66.8 Å². The minimum absolute atomic E-state index is 0.00182. The number of likely N-dealkylation sites (tertiary alicyclic amines) is 1. The number of phenols is 1. The first kappa shape index (κ1) is 21.9. The number of imide groups is 1. The summed E-state index contributed by atoms with van der Waals surface area (Å²) < 4.78 is 1.19. The molecule has 0 saturated carbocycles. The van der Waals surface area contributed by atoms with Gasteiger partial charge in [0.05, 0.1) is 21.5 Å². The van der Waals surface area contributed by atoms with Gasteiger partial charge in [0.25, 0.3) is 0 Å². The van der Waals surface area contributed by atoms with E-state index in [1.54, 1.807) is 12.1 Å². The molecule has 2 N–H and O–H groups in total. The van der Waals surface area contributed by atoms with E-state index < -0.39 is 11.3 Å². The fourth-order valence-corrected chi connectivity index (χ4v) is 8.30. The Hall–Kier alpha value is -1.88. The Morgan fingerprint density at radius 2 is 1.91 bits per heavy atom. The van der Waals surface area contributed by atoms with E-state index in [1.165, 1.54) is 16.7 Å². The molecule has 1 spiro atoms. The largest absolute Gasteiger partial charge is 0.506 e. The van der Waals surface area contributed by atoms with Crippen LogP contribution in [0, 0.1) is 5.41 Å². The molecule has 6 nitrogen and oxygen atoms in total. The van der Waals surface area contributed by atoms with Crippen LogP contribution < -0.4 is 4.87 Å². The normalized spacial score (nSPS) is 22.6. The van der Waals surface area contributed by atoms with E-state index >= 15 is 0 Å². The molecule has 1 aromatic heterocycles. The summed E-state index contributed by atoms with van der Waals surface area (Å²) in [5.74, 6) is -0.821. The molecule has 2 aliphatic heterocycles. The van der Waals surface area contributed by atoms with Crippen LogP contribution in [-0.2, 0) is 16.1 Å². The number of H-pyrrole nitrogens is 1. The lowest BCUT2D eigenvalue weighted by molar-refractivity contribution is -0.142. The Morgan fingerprint density at radius 3 is 2.66 bits per heavy atom. The number of nitrogens with one attached hydrogen (secondary N) is 1. The lowest BCUT2D eigenvalue weighted by Gasteiger charge is -2.38. The number of rotatable bonds is 3. The third-order valence-electron chi connectivity index (χ3n) is 5.92. The third-order valence-corrected chi connectivity index (χ3v) is 9.33. The Labute approximate surface area is 208 Å². The van der Waals surface area contributed by atoms with Crippen molar-refractivity contribution in [1.29, 1.82) is 0 Å². The number of fused-ring (bicyclic) bond motifs is 1. The fraction of sp³-hybridized carbons (Fsp3) is 0.227. The van der Waals surface area contributed by atoms with Gasteiger partial charge in [-0.05, 0) is 33.6 Å². The number of aromatic nitrogens is 1. The van der Waals surface area contributed by atoms with Crippen LogP contribution in [-0.4, -0.2) is 32.6 Å². The minimum atomic E-state index is -1.09. The first-order valence-electron chi connectivity index (χ1n) is 9.72. The molecule has 32 heavy (non-hydrogen) atoms. The van der Waals surface area contributed by atoms with E-state index in [0.717, 1.165) is 16.9 Å². The van der Waals surface area contributed by atoms with Gasteiger partial charge in [-0.3, -0.25) is 19.3 Å². The fourth-order valence-electron chi connectivity index (χ4n) is 4.49. The topological polar surface area (TPSA) is 90.5 Å². The molecule has 0 bridgehead atoms. The predicted molar refractivity (Wildman–Crippen MR) is 130 cm³/mol. The number of nitrogens with zero attached hydrogens (tertiary/aromatic N) is 1. The molecule has 2 aromatic carbocycles. The van der Waals surface area contributed by atoms with Crippen LogP contribution in [0.1, 0.15) is 28.3 Å². The Morgan fingerprint density at radius 1 is 1.16 bits per heavy atom. The van der Waals surface area contributed by atoms with Gasteiger partial charge in [-0.25, -0.2) is 0 Å². The maximum absolute atomic E-state index is 13.9. The van der Waals surface area contributed by atoms with Gasteiger partial charge in [0, 0.05) is 33.0 Å². The molecule has 164 valence electrons. The lowest BCUT2D eigenvalue weighted by Crippen LogP contribution is -2.43. The van der Waals surface area contributed by atoms with Crippen LogP contribution in [0.4, 0.5) is 0 Å². The summed E-state index contributed by atoms with van der Waals surface area (Å²) in [6.07, 6.45) is 0.0193. The van der Waals surface area contributed by atoms with Crippen LogP contribution in [0.2, 0.25) is 0 Å². The monoisotopic (exact) mass is 594 g/mol. The Kier molecular flexibility index (Phi) is 5.59. The maximum Gasteiger partial charge on any atom is 0.305 e. The van der Waals surface area contributed by atoms with Crippen molar-refractivity contribution in [1.82, 2.24) is 9.88 Å². The van der Waals surface area contributed by atoms with E-state index in [2.05, 4.69) is 36.8 Å². The van der Waals surface area contributed by atoms with Gasteiger partial charge in [0.15, 0.2) is 0 Å². The molecule has 3 aromatic rings. The van der Waals surface area contributed by atoms with E-state index in [4.69, 9.17) is 0 Å². The molecule has 5 rings (SSSR count). The summed E-state index contributed by atoms with van der Waals surface area (Å²) in [6.45, 7) is 0.196. The van der Waals surface area contributed by atoms with Gasteiger partial charge in [-0.2, -0.15) is 0 Å². The second kappa shape index (κ2) is 8.16. The van der Waals surface area contributed by atoms with Crippen molar-refractivity contribution in [2.75, 3.05) is 5.75 Å². The van der Waals surface area contributed by atoms with E-state index in [-0.39, 0.29) is 35.4 Å². The van der Waals surface area contributed by atoms with E-state index in [9.17, 15) is 19.5 Å². The summed E-state index contributed by atoms with van der Waals surface area (Å²) in [6, 6.07) is 12.9. The maximum atomic E-state index is 13.9. The lowest BCUT2D eigenvalue weighted by atomic mass is 9.70. The molecule has 2 aliphatic rings. The Bertz CT molecular complexity index is 1310. The smallest absolute Gasteiger partial charge is 0.305 e. The molecule has 10 heteroatoms. The van der Waals surface area contributed by atoms with Crippen molar-refractivity contribution in [2.24, 2.45) is 5.41 Å². The number of halogens is 2. The van der Waals surface area contributed by atoms with Gasteiger partial charge >= 0.3 is 4.87 Å². The molecule has 2 atom stereocenters. The molecule has 0 aliphatic carbocycles. The van der Waals surface area contributed by atoms with Gasteiger partial charge in [0.1, 0.15) is 5.75 Å². The number of carbonyl (C=O) groups is 2. The minimum Gasteiger partial charge on any atom is -0.506 e. The zero-order valence-electron chi connectivity index (χ0n) is 16.4. The number of hydrogen-bond donors (Lipinski definition) is 2.